The van der Waals surface area contributed by atoms with E-state index in [-0.39, 0.29) is 18.1 Å². The molecule has 0 bridgehead atoms. The van der Waals surface area contributed by atoms with Crippen LogP contribution in [0.1, 0.15) is 37.7 Å². The number of rotatable bonds is 7. The van der Waals surface area contributed by atoms with Gasteiger partial charge in [-0.1, -0.05) is 0 Å². The lowest BCUT2D eigenvalue weighted by Crippen LogP contribution is -2.41. The normalized spacial score (nSPS) is 21.1. The zero-order chi connectivity index (χ0) is 17.5. The highest BCUT2D eigenvalue weighted by Crippen LogP contribution is 2.30. The topological polar surface area (TPSA) is 59.6 Å². The van der Waals surface area contributed by atoms with E-state index < -0.39 is 0 Å². The van der Waals surface area contributed by atoms with Gasteiger partial charge in [-0.25, -0.2) is 0 Å². The van der Waals surface area contributed by atoms with E-state index >= 15 is 0 Å². The molecular weight excluding hydrogens is 336 g/mol. The second-order valence-electron chi connectivity index (χ2n) is 6.70. The molecule has 0 radical (unpaired) electrons. The summed E-state index contributed by atoms with van der Waals surface area (Å²) in [6.45, 7) is 1.48. The van der Waals surface area contributed by atoms with Gasteiger partial charge >= 0.3 is 0 Å². The van der Waals surface area contributed by atoms with Gasteiger partial charge in [0, 0.05) is 48.7 Å². The number of carbonyl (C=O) groups excluding carboxylic acids is 1. The summed E-state index contributed by atoms with van der Waals surface area (Å²) in [5.74, 6) is 3.84. The SMILES string of the molecule is COc1ccc(CNC(=O)CC2CSCCN2)c(OC2CCCC2)c1. The maximum atomic E-state index is 12.2. The molecule has 5 nitrogen and oxygen atoms in total. The lowest BCUT2D eigenvalue weighted by Gasteiger charge is -2.22. The predicted molar refractivity (Wildman–Crippen MR) is 101 cm³/mol. The van der Waals surface area contributed by atoms with Crippen LogP contribution >= 0.6 is 11.8 Å². The van der Waals surface area contributed by atoms with E-state index in [9.17, 15) is 4.79 Å². The van der Waals surface area contributed by atoms with Gasteiger partial charge in [-0.05, 0) is 37.8 Å². The van der Waals surface area contributed by atoms with Crippen LogP contribution in [0.15, 0.2) is 18.2 Å². The minimum absolute atomic E-state index is 0.0858. The van der Waals surface area contributed by atoms with E-state index in [1.807, 2.05) is 30.0 Å². The molecule has 1 aromatic rings. The Morgan fingerprint density at radius 1 is 1.36 bits per heavy atom. The van der Waals surface area contributed by atoms with Crippen LogP contribution in [-0.2, 0) is 11.3 Å². The average Bonchev–Trinajstić information content (AvgIpc) is 3.14. The number of ether oxygens (including phenoxy) is 2. The standard InChI is InChI=1S/C19H28N2O3S/c1-23-17-7-6-14(18(11-17)24-16-4-2-3-5-16)12-21-19(22)10-15-13-25-9-8-20-15/h6-7,11,15-16,20H,2-5,8-10,12-13H2,1H3,(H,21,22). The van der Waals surface area contributed by atoms with Crippen molar-refractivity contribution in [3.05, 3.63) is 23.8 Å². The van der Waals surface area contributed by atoms with E-state index in [2.05, 4.69) is 10.6 Å². The van der Waals surface area contributed by atoms with Crippen molar-refractivity contribution in [2.75, 3.05) is 25.2 Å². The van der Waals surface area contributed by atoms with Crippen molar-refractivity contribution in [3.63, 3.8) is 0 Å². The summed E-state index contributed by atoms with van der Waals surface area (Å²) in [4.78, 5) is 12.2. The molecule has 1 unspecified atom stereocenters. The number of thioether (sulfide) groups is 1. The number of methoxy groups -OCH3 is 1. The second-order valence-corrected chi connectivity index (χ2v) is 7.85. The van der Waals surface area contributed by atoms with Crippen molar-refractivity contribution < 1.29 is 14.3 Å². The first-order chi connectivity index (χ1) is 12.2. The second kappa shape index (κ2) is 9.34. The van der Waals surface area contributed by atoms with Crippen LogP contribution in [-0.4, -0.2) is 43.2 Å². The molecule has 1 aliphatic heterocycles. The van der Waals surface area contributed by atoms with Crippen molar-refractivity contribution in [2.24, 2.45) is 0 Å². The summed E-state index contributed by atoms with van der Waals surface area (Å²) in [6.07, 6.45) is 5.48. The van der Waals surface area contributed by atoms with Crippen LogP contribution in [0.25, 0.3) is 0 Å². The molecule has 138 valence electrons. The van der Waals surface area contributed by atoms with Crippen molar-refractivity contribution >= 4 is 17.7 Å². The molecule has 0 spiro atoms. The molecule has 1 aliphatic carbocycles. The molecule has 1 atom stereocenters. The smallest absolute Gasteiger partial charge is 0.221 e. The molecule has 1 saturated carbocycles. The molecule has 1 aromatic carbocycles. The lowest BCUT2D eigenvalue weighted by atomic mass is 10.1. The van der Waals surface area contributed by atoms with E-state index in [1.54, 1.807) is 7.11 Å². The highest BCUT2D eigenvalue weighted by molar-refractivity contribution is 7.99. The summed E-state index contributed by atoms with van der Waals surface area (Å²) in [5, 5.41) is 6.44. The predicted octanol–water partition coefficient (Wildman–Crippen LogP) is 2.73. The Balaban J connectivity index is 1.57. The minimum atomic E-state index is 0.0858. The molecule has 1 saturated heterocycles. The molecule has 6 heteroatoms. The van der Waals surface area contributed by atoms with E-state index in [4.69, 9.17) is 9.47 Å². The summed E-state index contributed by atoms with van der Waals surface area (Å²) in [6, 6.07) is 6.11. The molecule has 25 heavy (non-hydrogen) atoms. The summed E-state index contributed by atoms with van der Waals surface area (Å²) in [7, 11) is 1.66. The molecule has 2 fully saturated rings. The minimum Gasteiger partial charge on any atom is -0.497 e. The zero-order valence-electron chi connectivity index (χ0n) is 14.9. The monoisotopic (exact) mass is 364 g/mol. The molecule has 0 aromatic heterocycles. The van der Waals surface area contributed by atoms with Gasteiger partial charge in [0.25, 0.3) is 0 Å². The van der Waals surface area contributed by atoms with E-state index in [1.165, 1.54) is 12.8 Å². The van der Waals surface area contributed by atoms with Gasteiger partial charge in [0.15, 0.2) is 0 Å². The molecule has 2 aliphatic rings. The Hall–Kier alpha value is -1.40. The highest BCUT2D eigenvalue weighted by atomic mass is 32.2. The Bertz CT molecular complexity index is 570. The third kappa shape index (κ3) is 5.54. The third-order valence-corrected chi connectivity index (χ3v) is 5.91. The first kappa shape index (κ1) is 18.4. The van der Waals surface area contributed by atoms with Gasteiger partial charge in [-0.2, -0.15) is 11.8 Å². The quantitative estimate of drug-likeness (QED) is 0.779. The van der Waals surface area contributed by atoms with Crippen LogP contribution in [0.4, 0.5) is 0 Å². The fourth-order valence-electron chi connectivity index (χ4n) is 3.34. The van der Waals surface area contributed by atoms with Gasteiger partial charge in [0.1, 0.15) is 11.5 Å². The van der Waals surface area contributed by atoms with Gasteiger partial charge in [-0.15, -0.1) is 0 Å². The fourth-order valence-corrected chi connectivity index (χ4v) is 4.29. The van der Waals surface area contributed by atoms with Gasteiger partial charge < -0.3 is 20.1 Å². The number of hydrogen-bond acceptors (Lipinski definition) is 5. The molecule has 2 N–H and O–H groups in total. The third-order valence-electron chi connectivity index (χ3n) is 4.78. The summed E-state index contributed by atoms with van der Waals surface area (Å²) in [5.41, 5.74) is 1.01. The van der Waals surface area contributed by atoms with Crippen molar-refractivity contribution in [3.8, 4) is 11.5 Å². The van der Waals surface area contributed by atoms with Crippen LogP contribution in [0, 0.1) is 0 Å². The maximum Gasteiger partial charge on any atom is 0.221 e. The largest absolute Gasteiger partial charge is 0.497 e. The highest BCUT2D eigenvalue weighted by Gasteiger charge is 2.20. The number of benzene rings is 1. The van der Waals surface area contributed by atoms with Gasteiger partial charge in [-0.3, -0.25) is 4.79 Å². The van der Waals surface area contributed by atoms with Gasteiger partial charge in [0.05, 0.1) is 13.2 Å². The number of nitrogens with one attached hydrogen (secondary N) is 2. The first-order valence-corrected chi connectivity index (χ1v) is 10.3. The Labute approximate surface area is 154 Å². The van der Waals surface area contributed by atoms with Crippen molar-refractivity contribution in [1.82, 2.24) is 10.6 Å². The van der Waals surface area contributed by atoms with Crippen LogP contribution < -0.4 is 20.1 Å². The van der Waals surface area contributed by atoms with Crippen molar-refractivity contribution in [1.29, 1.82) is 0 Å². The van der Waals surface area contributed by atoms with Crippen LogP contribution in [0.3, 0.4) is 0 Å². The lowest BCUT2D eigenvalue weighted by molar-refractivity contribution is -0.121. The van der Waals surface area contributed by atoms with Crippen molar-refractivity contribution in [2.45, 2.75) is 50.8 Å². The summed E-state index contributed by atoms with van der Waals surface area (Å²) >= 11 is 1.91. The number of carbonyl (C=O) groups is 1. The molecule has 1 amide bonds. The van der Waals surface area contributed by atoms with Gasteiger partial charge in [0.2, 0.25) is 5.91 Å². The Morgan fingerprint density at radius 3 is 2.92 bits per heavy atom. The van der Waals surface area contributed by atoms with Crippen LogP contribution in [0.5, 0.6) is 11.5 Å². The summed E-state index contributed by atoms with van der Waals surface area (Å²) < 4.78 is 11.5. The zero-order valence-corrected chi connectivity index (χ0v) is 15.7. The fraction of sp³-hybridized carbons (Fsp3) is 0.632. The first-order valence-electron chi connectivity index (χ1n) is 9.16. The number of hydrogen-bond donors (Lipinski definition) is 2. The number of amides is 1. The van der Waals surface area contributed by atoms with E-state index in [0.717, 1.165) is 48.0 Å². The van der Waals surface area contributed by atoms with E-state index in [0.29, 0.717) is 13.0 Å². The maximum absolute atomic E-state index is 12.2. The Morgan fingerprint density at radius 2 is 2.20 bits per heavy atom. The molecule has 1 heterocycles. The molecular formula is C19H28N2O3S. The average molecular weight is 365 g/mol. The Kier molecular flexibility index (Phi) is 6.87. The van der Waals surface area contributed by atoms with Crippen LogP contribution in [0.2, 0.25) is 0 Å². The molecule has 3 rings (SSSR count).